The zero-order valence-electron chi connectivity index (χ0n) is 16.3. The fraction of sp³-hybridized carbons (Fsp3) is 0.0909. The highest BCUT2D eigenvalue weighted by Crippen LogP contribution is 2.36. The van der Waals surface area contributed by atoms with E-state index in [2.05, 4.69) is 4.98 Å². The van der Waals surface area contributed by atoms with Crippen LogP contribution in [0.4, 0.5) is 5.69 Å². The lowest BCUT2D eigenvalue weighted by molar-refractivity contribution is 0.0594. The minimum absolute atomic E-state index is 0.0222. The van der Waals surface area contributed by atoms with Gasteiger partial charge in [0.05, 0.1) is 36.5 Å². The zero-order chi connectivity index (χ0) is 21.3. The van der Waals surface area contributed by atoms with Crippen molar-refractivity contribution in [3.05, 3.63) is 71.9 Å². The maximum absolute atomic E-state index is 12.5. The predicted octanol–water partition coefficient (Wildman–Crippen LogP) is 3.78. The van der Waals surface area contributed by atoms with E-state index in [0.717, 1.165) is 11.3 Å². The monoisotopic (exact) mass is 418 g/mol. The lowest BCUT2D eigenvalue weighted by atomic mass is 10.0. The van der Waals surface area contributed by atoms with Gasteiger partial charge in [0.25, 0.3) is 0 Å². The fourth-order valence-electron chi connectivity index (χ4n) is 3.28. The van der Waals surface area contributed by atoms with Crippen LogP contribution >= 0.6 is 12.2 Å². The zero-order valence-corrected chi connectivity index (χ0v) is 17.1. The Balaban J connectivity index is 2.16. The first-order valence-electron chi connectivity index (χ1n) is 9.06. The third-order valence-corrected chi connectivity index (χ3v) is 5.04. The van der Waals surface area contributed by atoms with E-state index in [9.17, 15) is 4.79 Å². The lowest BCUT2D eigenvalue weighted by Gasteiger charge is -2.12. The average Bonchev–Trinajstić information content (AvgIpc) is 3.19. The quantitative estimate of drug-likeness (QED) is 0.398. The third kappa shape index (κ3) is 3.17. The normalized spacial score (nSPS) is 10.7. The van der Waals surface area contributed by atoms with Crippen LogP contribution in [0.25, 0.3) is 28.0 Å². The minimum Gasteiger partial charge on any atom is -0.486 e. The van der Waals surface area contributed by atoms with Crippen LogP contribution in [0, 0.1) is 0 Å². The number of hydrogen-bond acceptors (Lipinski definition) is 7. The smallest absolute Gasteiger partial charge is 0.357 e. The molecule has 0 spiro atoms. The van der Waals surface area contributed by atoms with Crippen molar-refractivity contribution in [1.82, 2.24) is 14.8 Å². The SMILES string of the molecule is COC(=O)c1nc2c(c(-c3ccccc3)nn2-c2ccccc2)c(N)c1C(=S)OC. The summed E-state index contributed by atoms with van der Waals surface area (Å²) >= 11 is 5.31. The topological polar surface area (TPSA) is 92.3 Å². The maximum Gasteiger partial charge on any atom is 0.357 e. The Labute approximate surface area is 178 Å². The Kier molecular flexibility index (Phi) is 5.16. The number of anilines is 1. The summed E-state index contributed by atoms with van der Waals surface area (Å²) < 4.78 is 11.8. The molecule has 2 aromatic carbocycles. The number of para-hydroxylation sites is 1. The maximum atomic E-state index is 12.5. The van der Waals surface area contributed by atoms with E-state index in [1.807, 2.05) is 60.7 Å². The van der Waals surface area contributed by atoms with E-state index >= 15 is 0 Å². The van der Waals surface area contributed by atoms with Gasteiger partial charge in [0.15, 0.2) is 16.4 Å². The van der Waals surface area contributed by atoms with Crippen molar-refractivity contribution < 1.29 is 14.3 Å². The molecule has 7 nitrogen and oxygen atoms in total. The number of nitrogen functional groups attached to an aromatic ring is 1. The Morgan fingerprint density at radius 1 is 1.00 bits per heavy atom. The van der Waals surface area contributed by atoms with Gasteiger partial charge in [0, 0.05) is 5.56 Å². The molecule has 0 unspecified atom stereocenters. The number of esters is 1. The summed E-state index contributed by atoms with van der Waals surface area (Å²) in [4.78, 5) is 17.1. The van der Waals surface area contributed by atoms with Crippen molar-refractivity contribution in [2.75, 3.05) is 20.0 Å². The molecule has 2 N–H and O–H groups in total. The Hall–Kier alpha value is -3.78. The molecule has 0 aliphatic heterocycles. The van der Waals surface area contributed by atoms with Crippen LogP contribution in [-0.4, -0.2) is 40.0 Å². The van der Waals surface area contributed by atoms with Gasteiger partial charge < -0.3 is 15.2 Å². The van der Waals surface area contributed by atoms with Gasteiger partial charge in [-0.05, 0) is 24.4 Å². The molecule has 0 fully saturated rings. The number of rotatable bonds is 4. The molecule has 0 aliphatic carbocycles. The number of nitrogens with zero attached hydrogens (tertiary/aromatic N) is 3. The summed E-state index contributed by atoms with van der Waals surface area (Å²) in [6.07, 6.45) is 0. The molecular formula is C22H18N4O3S. The van der Waals surface area contributed by atoms with Crippen LogP contribution in [0.5, 0.6) is 0 Å². The standard InChI is InChI=1S/C22H18N4O3S/c1-28-21(27)19-16(22(30)29-2)17(23)15-18(13-9-5-3-6-10-13)25-26(20(15)24-19)14-11-7-4-8-12-14/h3-12H,1-2H3,(H2,23,24). The molecule has 2 aromatic heterocycles. The number of hydrogen-bond donors (Lipinski definition) is 1. The van der Waals surface area contributed by atoms with Crippen molar-refractivity contribution >= 4 is 40.0 Å². The first-order chi connectivity index (χ1) is 14.6. The number of nitrogens with two attached hydrogens (primary N) is 1. The van der Waals surface area contributed by atoms with Gasteiger partial charge in [-0.25, -0.2) is 14.5 Å². The van der Waals surface area contributed by atoms with Gasteiger partial charge in [0.2, 0.25) is 0 Å². The molecule has 0 saturated heterocycles. The van der Waals surface area contributed by atoms with E-state index in [0.29, 0.717) is 16.7 Å². The van der Waals surface area contributed by atoms with Gasteiger partial charge in [0.1, 0.15) is 5.69 Å². The number of carbonyl (C=O) groups is 1. The van der Waals surface area contributed by atoms with Crippen molar-refractivity contribution in [1.29, 1.82) is 0 Å². The molecule has 4 rings (SSSR count). The van der Waals surface area contributed by atoms with Gasteiger partial charge in [-0.15, -0.1) is 0 Å². The molecule has 0 aliphatic rings. The Morgan fingerprint density at radius 3 is 2.23 bits per heavy atom. The van der Waals surface area contributed by atoms with Gasteiger partial charge in [-0.1, -0.05) is 48.5 Å². The molecule has 150 valence electrons. The van der Waals surface area contributed by atoms with E-state index in [-0.39, 0.29) is 22.0 Å². The number of aromatic nitrogens is 3. The predicted molar refractivity (Wildman–Crippen MR) is 119 cm³/mol. The molecule has 2 heterocycles. The summed E-state index contributed by atoms with van der Waals surface area (Å²) in [6, 6.07) is 19.1. The largest absolute Gasteiger partial charge is 0.486 e. The third-order valence-electron chi connectivity index (χ3n) is 4.67. The molecule has 0 atom stereocenters. The van der Waals surface area contributed by atoms with E-state index in [4.69, 9.17) is 32.5 Å². The molecular weight excluding hydrogens is 400 g/mol. The van der Waals surface area contributed by atoms with Crippen molar-refractivity contribution in [2.45, 2.75) is 0 Å². The lowest BCUT2D eigenvalue weighted by Crippen LogP contribution is -2.16. The Bertz CT molecular complexity index is 1250. The van der Waals surface area contributed by atoms with Gasteiger partial charge in [-0.3, -0.25) is 0 Å². The van der Waals surface area contributed by atoms with E-state index < -0.39 is 5.97 Å². The summed E-state index contributed by atoms with van der Waals surface area (Å²) in [5, 5.41) is 5.41. The van der Waals surface area contributed by atoms with E-state index in [1.54, 1.807) is 4.68 Å². The average molecular weight is 418 g/mol. The van der Waals surface area contributed by atoms with Crippen LogP contribution in [0.1, 0.15) is 16.1 Å². The first kappa shape index (κ1) is 19.5. The highest BCUT2D eigenvalue weighted by Gasteiger charge is 2.28. The second-order valence-electron chi connectivity index (χ2n) is 6.39. The number of thiocarbonyl (C=S) groups is 1. The summed E-state index contributed by atoms with van der Waals surface area (Å²) in [5.41, 5.74) is 9.67. The fourth-order valence-corrected chi connectivity index (χ4v) is 3.48. The van der Waals surface area contributed by atoms with Crippen LogP contribution in [0.2, 0.25) is 0 Å². The molecule has 4 aromatic rings. The summed E-state index contributed by atoms with van der Waals surface area (Å²) in [7, 11) is 2.69. The Morgan fingerprint density at radius 2 is 1.63 bits per heavy atom. The number of pyridine rings is 1. The minimum atomic E-state index is -0.667. The van der Waals surface area contributed by atoms with Crippen molar-refractivity contribution in [3.8, 4) is 16.9 Å². The highest BCUT2D eigenvalue weighted by molar-refractivity contribution is 7.80. The second kappa shape index (κ2) is 7.92. The van der Waals surface area contributed by atoms with Crippen LogP contribution in [0.3, 0.4) is 0 Å². The number of carbonyl (C=O) groups excluding carboxylic acids is 1. The van der Waals surface area contributed by atoms with Crippen molar-refractivity contribution in [2.24, 2.45) is 0 Å². The molecule has 0 saturated carbocycles. The van der Waals surface area contributed by atoms with Crippen molar-refractivity contribution in [3.63, 3.8) is 0 Å². The number of methoxy groups -OCH3 is 2. The summed E-state index contributed by atoms with van der Waals surface area (Å²) in [5.74, 6) is -0.667. The first-order valence-corrected chi connectivity index (χ1v) is 9.47. The summed E-state index contributed by atoms with van der Waals surface area (Å²) in [6.45, 7) is 0. The van der Waals surface area contributed by atoms with Gasteiger partial charge >= 0.3 is 5.97 Å². The number of benzene rings is 2. The number of fused-ring (bicyclic) bond motifs is 1. The van der Waals surface area contributed by atoms with Crippen LogP contribution < -0.4 is 5.73 Å². The molecule has 0 bridgehead atoms. The van der Waals surface area contributed by atoms with E-state index in [1.165, 1.54) is 14.2 Å². The van der Waals surface area contributed by atoms with Crippen LogP contribution in [-0.2, 0) is 9.47 Å². The molecule has 0 amide bonds. The van der Waals surface area contributed by atoms with Gasteiger partial charge in [-0.2, -0.15) is 5.10 Å². The highest BCUT2D eigenvalue weighted by atomic mass is 32.1. The molecule has 30 heavy (non-hydrogen) atoms. The molecule has 0 radical (unpaired) electrons. The number of ether oxygens (including phenoxy) is 2. The molecule has 8 heteroatoms. The van der Waals surface area contributed by atoms with Crippen LogP contribution in [0.15, 0.2) is 60.7 Å². The second-order valence-corrected chi connectivity index (χ2v) is 6.76.